The Morgan fingerprint density at radius 1 is 1.13 bits per heavy atom. The summed E-state index contributed by atoms with van der Waals surface area (Å²) in [6.45, 7) is 6.52. The van der Waals surface area contributed by atoms with Gasteiger partial charge in [-0.2, -0.15) is 22.0 Å². The van der Waals surface area contributed by atoms with Crippen LogP contribution in [0.2, 0.25) is 0 Å². The Morgan fingerprint density at radius 2 is 1.68 bits per heavy atom. The molecule has 5 rings (SSSR count). The van der Waals surface area contributed by atoms with Crippen molar-refractivity contribution in [2.45, 2.75) is 87.6 Å². The van der Waals surface area contributed by atoms with Crippen molar-refractivity contribution < 1.29 is 46.1 Å². The molecule has 0 aromatic rings. The number of aliphatic hydroxyl groups is 1. The van der Waals surface area contributed by atoms with Gasteiger partial charge in [-0.15, -0.1) is 0 Å². The molecule has 10 heteroatoms. The van der Waals surface area contributed by atoms with Crippen LogP contribution in [-0.2, 0) is 19.0 Å². The van der Waals surface area contributed by atoms with Crippen LogP contribution in [0.15, 0.2) is 12.2 Å². The summed E-state index contributed by atoms with van der Waals surface area (Å²) < 4.78 is 85.5. The van der Waals surface area contributed by atoms with Crippen LogP contribution in [0.4, 0.5) is 22.0 Å². The molecule has 1 aliphatic heterocycles. The highest BCUT2D eigenvalue weighted by Crippen LogP contribution is 2.65. The predicted octanol–water partition coefficient (Wildman–Crippen LogP) is 4.13. The van der Waals surface area contributed by atoms with Crippen molar-refractivity contribution in [2.24, 2.45) is 17.8 Å². The monoisotopic (exact) mass is 454 g/mol. The van der Waals surface area contributed by atoms with Crippen molar-refractivity contribution in [3.8, 4) is 0 Å². The molecule has 4 bridgehead atoms. The number of esters is 1. The highest BCUT2D eigenvalue weighted by atomic mass is 19.4. The van der Waals surface area contributed by atoms with E-state index in [0.717, 1.165) is 6.92 Å². The molecule has 1 saturated heterocycles. The minimum absolute atomic E-state index is 0.215. The zero-order valence-electron chi connectivity index (χ0n) is 17.7. The van der Waals surface area contributed by atoms with E-state index >= 15 is 0 Å². The number of carbonyl (C=O) groups excluding carboxylic acids is 1. The first-order valence-electron chi connectivity index (χ1n) is 10.4. The van der Waals surface area contributed by atoms with Gasteiger partial charge in [0.2, 0.25) is 0 Å². The summed E-state index contributed by atoms with van der Waals surface area (Å²) in [5.41, 5.74) is -4.33. The van der Waals surface area contributed by atoms with Crippen molar-refractivity contribution in [2.75, 3.05) is 6.61 Å². The Kier molecular flexibility index (Phi) is 4.74. The molecule has 1 N–H and O–H groups in total. The number of ether oxygens (including phenoxy) is 3. The van der Waals surface area contributed by atoms with Crippen LogP contribution in [0.5, 0.6) is 0 Å². The third kappa shape index (κ3) is 3.00. The van der Waals surface area contributed by atoms with E-state index in [0.29, 0.717) is 32.1 Å². The van der Waals surface area contributed by atoms with Gasteiger partial charge in [0.25, 0.3) is 0 Å². The number of rotatable bonds is 4. The maximum atomic E-state index is 15.0. The third-order valence-corrected chi connectivity index (χ3v) is 7.89. The topological polar surface area (TPSA) is 65.0 Å². The summed E-state index contributed by atoms with van der Waals surface area (Å²) in [5, 5.41) is 9.71. The number of hydrogen-bond donors (Lipinski definition) is 1. The molecule has 5 nitrogen and oxygen atoms in total. The molecule has 4 aliphatic carbocycles. The first kappa shape index (κ1) is 22.9. The van der Waals surface area contributed by atoms with Gasteiger partial charge in [-0.3, -0.25) is 0 Å². The van der Waals surface area contributed by atoms with E-state index in [9.17, 15) is 31.9 Å². The van der Waals surface area contributed by atoms with Crippen molar-refractivity contribution in [3.05, 3.63) is 12.2 Å². The largest absolute Gasteiger partial charge is 0.456 e. The van der Waals surface area contributed by atoms with Gasteiger partial charge in [0.15, 0.2) is 5.60 Å². The van der Waals surface area contributed by atoms with Crippen LogP contribution < -0.4 is 0 Å². The van der Waals surface area contributed by atoms with Crippen LogP contribution >= 0.6 is 0 Å². The molecule has 4 saturated carbocycles. The lowest BCUT2D eigenvalue weighted by atomic mass is 9.48. The fraction of sp³-hybridized carbons (Fsp3) is 0.857. The van der Waals surface area contributed by atoms with Crippen LogP contribution in [0.25, 0.3) is 0 Å². The second kappa shape index (κ2) is 6.41. The van der Waals surface area contributed by atoms with Crippen LogP contribution in [0.1, 0.15) is 52.9 Å². The van der Waals surface area contributed by atoms with Crippen molar-refractivity contribution in [3.63, 3.8) is 0 Å². The fourth-order valence-corrected chi connectivity index (χ4v) is 6.31. The van der Waals surface area contributed by atoms with Crippen molar-refractivity contribution in [1.29, 1.82) is 0 Å². The zero-order valence-corrected chi connectivity index (χ0v) is 17.7. The Labute approximate surface area is 176 Å². The minimum Gasteiger partial charge on any atom is -0.456 e. The van der Waals surface area contributed by atoms with Gasteiger partial charge in [-0.25, -0.2) is 4.79 Å². The molecule has 0 amide bonds. The van der Waals surface area contributed by atoms with E-state index in [1.165, 1.54) is 0 Å². The Bertz CT molecular complexity index is 794. The van der Waals surface area contributed by atoms with E-state index in [1.54, 1.807) is 13.8 Å². The molecule has 4 unspecified atom stereocenters. The maximum absolute atomic E-state index is 15.0. The fourth-order valence-electron chi connectivity index (χ4n) is 6.31. The van der Waals surface area contributed by atoms with Crippen LogP contribution in [0.3, 0.4) is 0 Å². The van der Waals surface area contributed by atoms with E-state index in [2.05, 4.69) is 11.3 Å². The number of halogens is 5. The second-order valence-electron chi connectivity index (χ2n) is 10.2. The lowest BCUT2D eigenvalue weighted by molar-refractivity contribution is -0.415. The molecule has 0 spiro atoms. The standard InChI is InChI=1S/C21H27F5O5/c1-11(2)15(27)30-18-7-12-5-13(8-18)17(4,14(6-12)9-18)31-16(3)10-29-20(28,19(16,22)23)21(24,25)26/h12-14,28H,1,5-10H2,2-4H3. The molecule has 0 aromatic carbocycles. The SMILES string of the molecule is C=C(C)C(=O)OC12CC3CC(C1)C(C)(OC1(C)COC(O)(C(F)(F)F)C1(F)F)C(C3)C2. The number of alkyl halides is 5. The van der Waals surface area contributed by atoms with Gasteiger partial charge in [-0.05, 0) is 70.6 Å². The normalized spacial score (nSPS) is 48.1. The van der Waals surface area contributed by atoms with E-state index < -0.39 is 47.3 Å². The summed E-state index contributed by atoms with van der Waals surface area (Å²) in [5.74, 6) is -10.2. The maximum Gasteiger partial charge on any atom is 0.449 e. The minimum atomic E-state index is -5.69. The van der Waals surface area contributed by atoms with Gasteiger partial charge in [0.1, 0.15) is 5.60 Å². The first-order chi connectivity index (χ1) is 14.0. The molecule has 1 heterocycles. The summed E-state index contributed by atoms with van der Waals surface area (Å²) in [7, 11) is 0. The Balaban J connectivity index is 1.61. The lowest BCUT2D eigenvalue weighted by Crippen LogP contribution is -2.69. The van der Waals surface area contributed by atoms with Crippen molar-refractivity contribution >= 4 is 5.97 Å². The van der Waals surface area contributed by atoms with Gasteiger partial charge >= 0.3 is 23.9 Å². The Morgan fingerprint density at radius 3 is 2.13 bits per heavy atom. The predicted molar refractivity (Wildman–Crippen MR) is 97.0 cm³/mol. The second-order valence-corrected chi connectivity index (χ2v) is 10.2. The molecular weight excluding hydrogens is 427 g/mol. The molecule has 0 radical (unpaired) electrons. The van der Waals surface area contributed by atoms with Crippen LogP contribution in [0, 0.1) is 17.8 Å². The molecule has 31 heavy (non-hydrogen) atoms. The van der Waals surface area contributed by atoms with Gasteiger partial charge < -0.3 is 19.3 Å². The number of hydrogen-bond acceptors (Lipinski definition) is 5. The first-order valence-corrected chi connectivity index (χ1v) is 10.4. The average Bonchev–Trinajstić information content (AvgIpc) is 2.79. The Hall–Kier alpha value is -1.26. The number of carbonyl (C=O) groups is 1. The summed E-state index contributed by atoms with van der Waals surface area (Å²) in [6, 6.07) is 0. The van der Waals surface area contributed by atoms with Gasteiger partial charge in [0.05, 0.1) is 12.2 Å². The average molecular weight is 454 g/mol. The highest BCUT2D eigenvalue weighted by Gasteiger charge is 2.83. The summed E-state index contributed by atoms with van der Waals surface area (Å²) in [6.07, 6.45) is -2.98. The third-order valence-electron chi connectivity index (χ3n) is 7.89. The molecule has 176 valence electrons. The van der Waals surface area contributed by atoms with Crippen molar-refractivity contribution in [1.82, 2.24) is 0 Å². The molecule has 4 atom stereocenters. The molecule has 5 fully saturated rings. The van der Waals surface area contributed by atoms with E-state index in [1.807, 2.05) is 0 Å². The highest BCUT2D eigenvalue weighted by molar-refractivity contribution is 5.87. The zero-order chi connectivity index (χ0) is 23.3. The molecular formula is C21H27F5O5. The molecule has 5 aliphatic rings. The quantitative estimate of drug-likeness (QED) is 0.393. The van der Waals surface area contributed by atoms with Gasteiger partial charge in [-0.1, -0.05) is 6.58 Å². The summed E-state index contributed by atoms with van der Waals surface area (Å²) >= 11 is 0. The van der Waals surface area contributed by atoms with E-state index in [4.69, 9.17) is 9.47 Å². The molecule has 0 aromatic heterocycles. The lowest BCUT2D eigenvalue weighted by Gasteiger charge is -2.64. The van der Waals surface area contributed by atoms with Crippen LogP contribution in [-0.4, -0.2) is 52.4 Å². The summed E-state index contributed by atoms with van der Waals surface area (Å²) in [4.78, 5) is 12.2. The smallest absolute Gasteiger partial charge is 0.449 e. The van der Waals surface area contributed by atoms with E-state index in [-0.39, 0.29) is 23.3 Å². The van der Waals surface area contributed by atoms with Gasteiger partial charge in [0, 0.05) is 5.57 Å².